The van der Waals surface area contributed by atoms with Gasteiger partial charge in [0, 0.05) is 12.5 Å². The van der Waals surface area contributed by atoms with Crippen LogP contribution in [0, 0.1) is 0 Å². The number of rotatable bonds is 4. The van der Waals surface area contributed by atoms with E-state index in [0.717, 1.165) is 22.6 Å². The highest BCUT2D eigenvalue weighted by Gasteiger charge is 2.30. The van der Waals surface area contributed by atoms with Crippen molar-refractivity contribution in [3.8, 4) is 11.3 Å². The molecular formula is C18H16N6O. The van der Waals surface area contributed by atoms with Crippen LogP contribution in [0.15, 0.2) is 65.8 Å². The summed E-state index contributed by atoms with van der Waals surface area (Å²) < 4.78 is 0. The topological polar surface area (TPSA) is 85.4 Å². The number of carbonyl (C=O) groups is 1. The van der Waals surface area contributed by atoms with Gasteiger partial charge in [0.25, 0.3) is 0 Å². The van der Waals surface area contributed by atoms with Crippen molar-refractivity contribution in [2.24, 2.45) is 5.10 Å². The first-order valence-electron chi connectivity index (χ1n) is 7.84. The smallest absolute Gasteiger partial charge is 0.215 e. The third-order valence-electron chi connectivity index (χ3n) is 3.84. The molecule has 2 heterocycles. The van der Waals surface area contributed by atoms with Gasteiger partial charge in [-0.1, -0.05) is 48.5 Å². The zero-order valence-corrected chi connectivity index (χ0v) is 13.5. The summed E-state index contributed by atoms with van der Waals surface area (Å²) in [5.74, 6) is 0.643. The van der Waals surface area contributed by atoms with E-state index in [2.05, 4.69) is 26.2 Å². The number of aromatic nitrogens is 2. The average Bonchev–Trinajstić information content (AvgIpc) is 3.08. The minimum Gasteiger partial charge on any atom is -0.292 e. The number of amidine groups is 1. The summed E-state index contributed by atoms with van der Waals surface area (Å²) >= 11 is 0. The predicted octanol–water partition coefficient (Wildman–Crippen LogP) is 3.24. The van der Waals surface area contributed by atoms with Gasteiger partial charge in [-0.25, -0.2) is 5.01 Å². The van der Waals surface area contributed by atoms with Gasteiger partial charge in [-0.15, -0.1) is 5.10 Å². The number of para-hydroxylation sites is 1. The minimum absolute atomic E-state index is 0.165. The van der Waals surface area contributed by atoms with Gasteiger partial charge < -0.3 is 0 Å². The van der Waals surface area contributed by atoms with Crippen LogP contribution in [0.1, 0.15) is 6.92 Å². The lowest BCUT2D eigenvalue weighted by Gasteiger charge is -2.29. The van der Waals surface area contributed by atoms with Crippen LogP contribution in [0.25, 0.3) is 11.3 Å². The van der Waals surface area contributed by atoms with Gasteiger partial charge in [0.1, 0.15) is 5.69 Å². The summed E-state index contributed by atoms with van der Waals surface area (Å²) in [5.41, 5.74) is 9.40. The molecule has 0 bridgehead atoms. The molecule has 3 aromatic rings. The largest absolute Gasteiger partial charge is 0.292 e. The molecule has 0 saturated heterocycles. The van der Waals surface area contributed by atoms with Crippen molar-refractivity contribution in [2.45, 2.75) is 6.92 Å². The Morgan fingerprint density at radius 1 is 1.04 bits per heavy atom. The Kier molecular flexibility index (Phi) is 3.66. The molecule has 1 aromatic heterocycles. The molecule has 1 aliphatic rings. The molecule has 0 spiro atoms. The molecule has 0 aliphatic carbocycles. The first-order valence-corrected chi connectivity index (χ1v) is 7.84. The van der Waals surface area contributed by atoms with E-state index in [1.807, 2.05) is 60.7 Å². The number of Topliss-reactive ketones (excluding diaryl/α,β-unsaturated/α-hetero) is 1. The lowest BCUT2D eigenvalue weighted by molar-refractivity contribution is -0.111. The fraction of sp³-hybridized carbons (Fsp3) is 0.0556. The number of ketones is 1. The van der Waals surface area contributed by atoms with Crippen molar-refractivity contribution >= 4 is 28.8 Å². The highest BCUT2D eigenvalue weighted by molar-refractivity contribution is 6.44. The molecule has 0 radical (unpaired) electrons. The van der Waals surface area contributed by atoms with Crippen molar-refractivity contribution in [1.82, 2.24) is 10.2 Å². The van der Waals surface area contributed by atoms with E-state index >= 15 is 0 Å². The van der Waals surface area contributed by atoms with E-state index < -0.39 is 0 Å². The molecule has 7 heteroatoms. The van der Waals surface area contributed by atoms with E-state index in [4.69, 9.17) is 0 Å². The molecule has 0 amide bonds. The lowest BCUT2D eigenvalue weighted by atomic mass is 10.1. The number of benzene rings is 2. The first-order chi connectivity index (χ1) is 12.2. The fourth-order valence-corrected chi connectivity index (χ4v) is 2.69. The maximum Gasteiger partial charge on any atom is 0.215 e. The number of H-pyrrole nitrogens is 1. The van der Waals surface area contributed by atoms with Crippen LogP contribution >= 0.6 is 0 Å². The summed E-state index contributed by atoms with van der Waals surface area (Å²) in [6.07, 6.45) is 0. The summed E-state index contributed by atoms with van der Waals surface area (Å²) in [4.78, 5) is 12.1. The summed E-state index contributed by atoms with van der Waals surface area (Å²) in [6, 6.07) is 19.4. The monoisotopic (exact) mass is 332 g/mol. The van der Waals surface area contributed by atoms with Crippen LogP contribution < -0.4 is 15.9 Å². The molecular weight excluding hydrogens is 316 g/mol. The fourth-order valence-electron chi connectivity index (χ4n) is 2.69. The Bertz CT molecular complexity index is 933. The van der Waals surface area contributed by atoms with Crippen molar-refractivity contribution in [2.75, 3.05) is 15.9 Å². The van der Waals surface area contributed by atoms with Gasteiger partial charge in [0.15, 0.2) is 11.6 Å². The molecule has 4 rings (SSSR count). The van der Waals surface area contributed by atoms with Crippen LogP contribution in [0.3, 0.4) is 0 Å². The number of anilines is 3. The van der Waals surface area contributed by atoms with Crippen molar-refractivity contribution in [3.05, 3.63) is 60.7 Å². The SMILES string of the molecule is CC(=O)C1=NNc2n[nH]c(-c3ccccc3)c2N1Nc1ccccc1. The Labute approximate surface area is 144 Å². The average molecular weight is 332 g/mol. The van der Waals surface area contributed by atoms with Crippen molar-refractivity contribution in [3.63, 3.8) is 0 Å². The Morgan fingerprint density at radius 2 is 1.72 bits per heavy atom. The van der Waals surface area contributed by atoms with E-state index in [0.29, 0.717) is 5.82 Å². The predicted molar refractivity (Wildman–Crippen MR) is 98.3 cm³/mol. The molecule has 25 heavy (non-hydrogen) atoms. The minimum atomic E-state index is -0.165. The van der Waals surface area contributed by atoms with Gasteiger partial charge in [-0.05, 0) is 12.1 Å². The number of aromatic amines is 1. The van der Waals surface area contributed by atoms with Gasteiger partial charge in [-0.2, -0.15) is 5.10 Å². The highest BCUT2D eigenvalue weighted by atomic mass is 16.1. The van der Waals surface area contributed by atoms with Crippen molar-refractivity contribution in [1.29, 1.82) is 0 Å². The molecule has 124 valence electrons. The number of fused-ring (bicyclic) bond motifs is 1. The number of hydrogen-bond donors (Lipinski definition) is 3. The van der Waals surface area contributed by atoms with Crippen LogP contribution in [0.5, 0.6) is 0 Å². The number of hydrazone groups is 1. The second-order valence-corrected chi connectivity index (χ2v) is 5.58. The van der Waals surface area contributed by atoms with Gasteiger partial charge in [0.2, 0.25) is 5.84 Å². The molecule has 3 N–H and O–H groups in total. The van der Waals surface area contributed by atoms with Crippen LogP contribution in [-0.2, 0) is 4.79 Å². The van der Waals surface area contributed by atoms with Crippen molar-refractivity contribution < 1.29 is 4.79 Å². The number of hydrazine groups is 1. The Balaban J connectivity index is 1.82. The number of hydrogen-bond acceptors (Lipinski definition) is 6. The maximum atomic E-state index is 12.1. The summed E-state index contributed by atoms with van der Waals surface area (Å²) in [5, 5.41) is 13.1. The molecule has 0 unspecified atom stereocenters. The second-order valence-electron chi connectivity index (χ2n) is 5.58. The Hall–Kier alpha value is -3.61. The van der Waals surface area contributed by atoms with Gasteiger partial charge in [0.05, 0.1) is 11.4 Å². The normalized spacial score (nSPS) is 12.8. The Morgan fingerprint density at radius 3 is 2.40 bits per heavy atom. The van der Waals surface area contributed by atoms with E-state index in [-0.39, 0.29) is 11.6 Å². The number of nitrogens with zero attached hydrogens (tertiary/aromatic N) is 3. The van der Waals surface area contributed by atoms with Crippen LogP contribution in [-0.4, -0.2) is 21.8 Å². The summed E-state index contributed by atoms with van der Waals surface area (Å²) in [6.45, 7) is 1.48. The molecule has 0 fully saturated rings. The summed E-state index contributed by atoms with van der Waals surface area (Å²) in [7, 11) is 0. The van der Waals surface area contributed by atoms with Crippen LogP contribution in [0.4, 0.5) is 17.2 Å². The molecule has 2 aromatic carbocycles. The zero-order chi connectivity index (χ0) is 17.2. The van der Waals surface area contributed by atoms with Crippen LogP contribution in [0.2, 0.25) is 0 Å². The van der Waals surface area contributed by atoms with Gasteiger partial charge in [-0.3, -0.25) is 20.7 Å². The number of carbonyl (C=O) groups excluding carboxylic acids is 1. The highest BCUT2D eigenvalue weighted by Crippen LogP contribution is 2.37. The second kappa shape index (κ2) is 6.12. The van der Waals surface area contributed by atoms with Gasteiger partial charge >= 0.3 is 0 Å². The van der Waals surface area contributed by atoms with E-state index in [1.165, 1.54) is 6.92 Å². The zero-order valence-electron chi connectivity index (χ0n) is 13.5. The standard InChI is InChI=1S/C18H16N6O/c1-12(25)18-22-21-17-16(24(18)23-14-10-6-3-7-11-14)15(19-20-17)13-8-4-2-5-9-13/h2-11,23H,1H3,(H2,19,20,21). The lowest BCUT2D eigenvalue weighted by Crippen LogP contribution is -2.43. The maximum absolute atomic E-state index is 12.1. The third kappa shape index (κ3) is 2.72. The number of nitrogens with one attached hydrogen (secondary N) is 3. The molecule has 0 saturated carbocycles. The molecule has 0 atom stereocenters. The van der Waals surface area contributed by atoms with E-state index in [9.17, 15) is 4.79 Å². The first kappa shape index (κ1) is 14.9. The van der Waals surface area contributed by atoms with E-state index in [1.54, 1.807) is 5.01 Å². The molecule has 7 nitrogen and oxygen atoms in total. The quantitative estimate of drug-likeness (QED) is 0.683. The molecule has 1 aliphatic heterocycles. The third-order valence-corrected chi connectivity index (χ3v) is 3.84.